The van der Waals surface area contributed by atoms with Crippen LogP contribution >= 0.6 is 0 Å². The van der Waals surface area contributed by atoms with Gasteiger partial charge in [-0.3, -0.25) is 9.89 Å². The van der Waals surface area contributed by atoms with Crippen LogP contribution in [0.5, 0.6) is 0 Å². The molecule has 0 aromatic heterocycles. The molecular weight excluding hydrogens is 212 g/mol. The lowest BCUT2D eigenvalue weighted by molar-refractivity contribution is 0.0342. The molecule has 1 aromatic carbocycles. The van der Waals surface area contributed by atoms with Crippen LogP contribution in [-0.2, 0) is 17.7 Å². The summed E-state index contributed by atoms with van der Waals surface area (Å²) in [6.45, 7) is 4.88. The molecule has 2 aliphatic rings. The lowest BCUT2D eigenvalue weighted by atomic mass is 10.0. The molecule has 2 heterocycles. The molecule has 17 heavy (non-hydrogen) atoms. The molecule has 1 fully saturated rings. The summed E-state index contributed by atoms with van der Waals surface area (Å²) in [4.78, 5) is 6.88. The maximum absolute atomic E-state index is 5.37. The Morgan fingerprint density at radius 3 is 3.00 bits per heavy atom. The van der Waals surface area contributed by atoms with Gasteiger partial charge in [0.2, 0.25) is 0 Å². The Kier molecular flexibility index (Phi) is 3.20. The molecule has 2 aliphatic heterocycles. The summed E-state index contributed by atoms with van der Waals surface area (Å²) in [5, 5.41) is 0. The number of aryl methyl sites for hydroxylation is 1. The minimum absolute atomic E-state index is 0.870. The van der Waals surface area contributed by atoms with Gasteiger partial charge in [0.1, 0.15) is 0 Å². The maximum Gasteiger partial charge on any atom is 0.0657 e. The zero-order valence-corrected chi connectivity index (χ0v) is 10.1. The summed E-state index contributed by atoms with van der Waals surface area (Å²) in [7, 11) is 0. The van der Waals surface area contributed by atoms with Crippen LogP contribution in [0.4, 0.5) is 5.69 Å². The molecule has 0 atom stereocenters. The van der Waals surface area contributed by atoms with Gasteiger partial charge in [-0.25, -0.2) is 0 Å². The predicted octanol–water partition coefficient (Wildman–Crippen LogP) is 2.17. The molecule has 0 N–H and O–H groups in total. The summed E-state index contributed by atoms with van der Waals surface area (Å²) in [6, 6.07) is 6.68. The van der Waals surface area contributed by atoms with Gasteiger partial charge in [-0.15, -0.1) is 0 Å². The fourth-order valence-corrected chi connectivity index (χ4v) is 2.46. The first kappa shape index (κ1) is 10.9. The molecule has 0 radical (unpaired) electrons. The Morgan fingerprint density at radius 1 is 1.24 bits per heavy atom. The SMILES string of the molecule is C1=Nc2ccc(CN3CCOCC3)cc2CC1. The van der Waals surface area contributed by atoms with E-state index in [1.165, 1.54) is 11.1 Å². The minimum atomic E-state index is 0.870. The van der Waals surface area contributed by atoms with Crippen LogP contribution in [0.1, 0.15) is 17.5 Å². The number of aliphatic imine (C=N–C) groups is 1. The molecule has 1 aromatic rings. The molecule has 0 amide bonds. The third kappa shape index (κ3) is 2.56. The second-order valence-corrected chi connectivity index (χ2v) is 4.70. The number of nitrogens with zero attached hydrogens (tertiary/aromatic N) is 2. The van der Waals surface area contributed by atoms with E-state index in [0.29, 0.717) is 0 Å². The van der Waals surface area contributed by atoms with Crippen molar-refractivity contribution in [2.24, 2.45) is 4.99 Å². The largest absolute Gasteiger partial charge is 0.379 e. The molecule has 3 nitrogen and oxygen atoms in total. The van der Waals surface area contributed by atoms with E-state index in [4.69, 9.17) is 4.74 Å². The first-order valence-electron chi connectivity index (χ1n) is 6.36. The standard InChI is InChI=1S/C14H18N2O/c1-2-13-10-12(3-4-14(13)15-5-1)11-16-6-8-17-9-7-16/h3-5,10H,1-2,6-9,11H2. The first-order valence-corrected chi connectivity index (χ1v) is 6.36. The van der Waals surface area contributed by atoms with Crippen molar-refractivity contribution < 1.29 is 4.74 Å². The fourth-order valence-electron chi connectivity index (χ4n) is 2.46. The molecule has 1 saturated heterocycles. The van der Waals surface area contributed by atoms with Crippen molar-refractivity contribution in [3.8, 4) is 0 Å². The van der Waals surface area contributed by atoms with Gasteiger partial charge in [-0.05, 0) is 30.0 Å². The van der Waals surface area contributed by atoms with Crippen molar-refractivity contribution in [2.75, 3.05) is 26.3 Å². The molecule has 0 unspecified atom stereocenters. The second-order valence-electron chi connectivity index (χ2n) is 4.70. The van der Waals surface area contributed by atoms with E-state index in [1.807, 2.05) is 6.21 Å². The van der Waals surface area contributed by atoms with Crippen molar-refractivity contribution in [1.29, 1.82) is 0 Å². The van der Waals surface area contributed by atoms with E-state index in [0.717, 1.165) is 51.4 Å². The number of rotatable bonds is 2. The molecule has 0 saturated carbocycles. The highest BCUT2D eigenvalue weighted by Crippen LogP contribution is 2.25. The second kappa shape index (κ2) is 4.98. The van der Waals surface area contributed by atoms with Crippen molar-refractivity contribution in [2.45, 2.75) is 19.4 Å². The van der Waals surface area contributed by atoms with Crippen molar-refractivity contribution >= 4 is 11.9 Å². The highest BCUT2D eigenvalue weighted by molar-refractivity contribution is 5.68. The van der Waals surface area contributed by atoms with E-state index in [9.17, 15) is 0 Å². The zero-order chi connectivity index (χ0) is 11.5. The van der Waals surface area contributed by atoms with Gasteiger partial charge in [0.25, 0.3) is 0 Å². The molecular formula is C14H18N2O. The van der Waals surface area contributed by atoms with Gasteiger partial charge >= 0.3 is 0 Å². The average molecular weight is 230 g/mol. The van der Waals surface area contributed by atoms with Crippen LogP contribution in [0.3, 0.4) is 0 Å². The predicted molar refractivity (Wildman–Crippen MR) is 69.0 cm³/mol. The van der Waals surface area contributed by atoms with E-state index in [1.54, 1.807) is 0 Å². The van der Waals surface area contributed by atoms with Gasteiger partial charge < -0.3 is 4.74 Å². The number of fused-ring (bicyclic) bond motifs is 1. The Balaban J connectivity index is 1.72. The lowest BCUT2D eigenvalue weighted by Gasteiger charge is -2.26. The summed E-state index contributed by atoms with van der Waals surface area (Å²) in [6.07, 6.45) is 4.23. The summed E-state index contributed by atoms with van der Waals surface area (Å²) >= 11 is 0. The quantitative estimate of drug-likeness (QED) is 0.778. The molecule has 3 heteroatoms. The van der Waals surface area contributed by atoms with Crippen molar-refractivity contribution in [3.63, 3.8) is 0 Å². The monoisotopic (exact) mass is 230 g/mol. The lowest BCUT2D eigenvalue weighted by Crippen LogP contribution is -2.35. The van der Waals surface area contributed by atoms with Gasteiger partial charge in [-0.1, -0.05) is 12.1 Å². The third-order valence-electron chi connectivity index (χ3n) is 3.43. The normalized spacial score (nSPS) is 20.2. The first-order chi connectivity index (χ1) is 8.42. The third-order valence-corrected chi connectivity index (χ3v) is 3.43. The van der Waals surface area contributed by atoms with Crippen LogP contribution in [0.15, 0.2) is 23.2 Å². The van der Waals surface area contributed by atoms with E-state index in [2.05, 4.69) is 28.1 Å². The highest BCUT2D eigenvalue weighted by Gasteiger charge is 2.12. The Hall–Kier alpha value is -1.19. The van der Waals surface area contributed by atoms with Crippen LogP contribution < -0.4 is 0 Å². The summed E-state index contributed by atoms with van der Waals surface area (Å²) < 4.78 is 5.37. The molecule has 90 valence electrons. The van der Waals surface area contributed by atoms with Gasteiger partial charge in [0, 0.05) is 25.8 Å². The van der Waals surface area contributed by atoms with Gasteiger partial charge in [0.15, 0.2) is 0 Å². The van der Waals surface area contributed by atoms with E-state index in [-0.39, 0.29) is 0 Å². The number of hydrogen-bond donors (Lipinski definition) is 0. The molecule has 0 aliphatic carbocycles. The molecule has 0 bridgehead atoms. The van der Waals surface area contributed by atoms with Crippen LogP contribution in [-0.4, -0.2) is 37.4 Å². The summed E-state index contributed by atoms with van der Waals surface area (Å²) in [5.74, 6) is 0. The molecule has 0 spiro atoms. The van der Waals surface area contributed by atoms with Gasteiger partial charge in [-0.2, -0.15) is 0 Å². The topological polar surface area (TPSA) is 24.8 Å². The van der Waals surface area contributed by atoms with Crippen molar-refractivity contribution in [1.82, 2.24) is 4.90 Å². The number of morpholine rings is 1. The Morgan fingerprint density at radius 2 is 2.12 bits per heavy atom. The van der Waals surface area contributed by atoms with Crippen LogP contribution in [0.25, 0.3) is 0 Å². The van der Waals surface area contributed by atoms with Crippen molar-refractivity contribution in [3.05, 3.63) is 29.3 Å². The Labute approximate surface area is 102 Å². The number of ether oxygens (including phenoxy) is 1. The minimum Gasteiger partial charge on any atom is -0.379 e. The van der Waals surface area contributed by atoms with E-state index >= 15 is 0 Å². The fraction of sp³-hybridized carbons (Fsp3) is 0.500. The maximum atomic E-state index is 5.37. The smallest absolute Gasteiger partial charge is 0.0657 e. The summed E-state index contributed by atoms with van der Waals surface area (Å²) in [5.41, 5.74) is 3.96. The van der Waals surface area contributed by atoms with Crippen LogP contribution in [0.2, 0.25) is 0 Å². The van der Waals surface area contributed by atoms with Crippen LogP contribution in [0, 0.1) is 0 Å². The van der Waals surface area contributed by atoms with Gasteiger partial charge in [0.05, 0.1) is 18.9 Å². The molecule has 3 rings (SSSR count). The Bertz CT molecular complexity index is 422. The zero-order valence-electron chi connectivity index (χ0n) is 10.1. The highest BCUT2D eigenvalue weighted by atomic mass is 16.5. The number of benzene rings is 1. The van der Waals surface area contributed by atoms with E-state index < -0.39 is 0 Å². The number of hydrogen-bond acceptors (Lipinski definition) is 3. The average Bonchev–Trinajstić information content (AvgIpc) is 2.40.